The lowest BCUT2D eigenvalue weighted by molar-refractivity contribution is -0.129. The van der Waals surface area contributed by atoms with E-state index in [0.717, 1.165) is 24.9 Å². The predicted molar refractivity (Wildman–Crippen MR) is 93.5 cm³/mol. The molecule has 1 aromatic heterocycles. The van der Waals surface area contributed by atoms with E-state index in [0.29, 0.717) is 23.6 Å². The number of likely N-dealkylation sites (tertiary alicyclic amines) is 1. The minimum absolute atomic E-state index is 0.0540. The molecule has 3 heterocycles. The molecular weight excluding hydrogens is 318 g/mol. The highest BCUT2D eigenvalue weighted by Crippen LogP contribution is 2.36. The van der Waals surface area contributed by atoms with E-state index in [1.54, 1.807) is 13.3 Å². The average Bonchev–Trinajstić information content (AvgIpc) is 3.21. The number of imidazole rings is 1. The van der Waals surface area contributed by atoms with Crippen molar-refractivity contribution in [3.63, 3.8) is 0 Å². The van der Waals surface area contributed by atoms with Crippen LogP contribution in [0.15, 0.2) is 42.5 Å². The van der Waals surface area contributed by atoms with E-state index < -0.39 is 0 Å². The van der Waals surface area contributed by atoms with Crippen LogP contribution in [-0.4, -0.2) is 47.2 Å². The molecule has 0 bridgehead atoms. The number of ether oxygens (including phenoxy) is 2. The van der Waals surface area contributed by atoms with Gasteiger partial charge in [-0.3, -0.25) is 4.79 Å². The first-order chi connectivity index (χ1) is 12.3. The molecule has 6 nitrogen and oxygen atoms in total. The highest BCUT2D eigenvalue weighted by molar-refractivity contribution is 5.99. The Bertz CT molecular complexity index is 798. The number of fused-ring (bicyclic) bond motifs is 1. The Morgan fingerprint density at radius 1 is 1.40 bits per heavy atom. The molecule has 2 aromatic rings. The third-order valence-corrected chi connectivity index (χ3v) is 4.84. The molecule has 1 atom stereocenters. The zero-order valence-electron chi connectivity index (χ0n) is 14.2. The predicted octanol–water partition coefficient (Wildman–Crippen LogP) is 2.53. The van der Waals surface area contributed by atoms with Gasteiger partial charge in [-0.1, -0.05) is 12.1 Å². The molecule has 0 aliphatic carbocycles. The number of hydrogen-bond acceptors (Lipinski definition) is 4. The smallest absolute Gasteiger partial charge is 0.253 e. The van der Waals surface area contributed by atoms with Crippen LogP contribution in [0.5, 0.6) is 11.5 Å². The molecule has 0 saturated carbocycles. The number of amides is 1. The van der Waals surface area contributed by atoms with Crippen molar-refractivity contribution >= 4 is 12.0 Å². The Labute approximate surface area is 146 Å². The van der Waals surface area contributed by atoms with Crippen molar-refractivity contribution in [2.24, 2.45) is 0 Å². The van der Waals surface area contributed by atoms with Crippen LogP contribution in [0.2, 0.25) is 0 Å². The van der Waals surface area contributed by atoms with Gasteiger partial charge >= 0.3 is 0 Å². The third-order valence-electron chi connectivity index (χ3n) is 4.84. The maximum atomic E-state index is 13.0. The molecule has 1 amide bonds. The second-order valence-corrected chi connectivity index (χ2v) is 6.39. The molecule has 6 heteroatoms. The van der Waals surface area contributed by atoms with E-state index in [1.165, 1.54) is 0 Å². The van der Waals surface area contributed by atoms with Gasteiger partial charge in [0.15, 0.2) is 11.5 Å². The summed E-state index contributed by atoms with van der Waals surface area (Å²) in [6.45, 7) is 1.77. The summed E-state index contributed by atoms with van der Waals surface area (Å²) in [7, 11) is 1.62. The molecule has 1 fully saturated rings. The van der Waals surface area contributed by atoms with Gasteiger partial charge in [0.05, 0.1) is 25.1 Å². The van der Waals surface area contributed by atoms with Crippen LogP contribution >= 0.6 is 0 Å². The first kappa shape index (κ1) is 15.7. The van der Waals surface area contributed by atoms with Crippen molar-refractivity contribution < 1.29 is 14.3 Å². The minimum Gasteiger partial charge on any atom is -0.493 e. The van der Waals surface area contributed by atoms with Gasteiger partial charge in [0.25, 0.3) is 5.91 Å². The van der Waals surface area contributed by atoms with E-state index >= 15 is 0 Å². The van der Waals surface area contributed by atoms with Crippen molar-refractivity contribution in [1.29, 1.82) is 0 Å². The lowest BCUT2D eigenvalue weighted by atomic mass is 10.0. The van der Waals surface area contributed by atoms with Gasteiger partial charge in [0, 0.05) is 31.0 Å². The second-order valence-electron chi connectivity index (χ2n) is 6.39. The molecule has 0 spiro atoms. The number of rotatable bonds is 3. The number of carbonyl (C=O) groups is 1. The van der Waals surface area contributed by atoms with Gasteiger partial charge in [0.1, 0.15) is 6.61 Å². The zero-order chi connectivity index (χ0) is 17.2. The van der Waals surface area contributed by atoms with Crippen LogP contribution in [0.3, 0.4) is 0 Å². The van der Waals surface area contributed by atoms with Gasteiger partial charge in [-0.15, -0.1) is 0 Å². The Morgan fingerprint density at radius 3 is 3.12 bits per heavy atom. The molecule has 130 valence electrons. The molecule has 1 aromatic carbocycles. The topological polar surface area (TPSA) is 56.6 Å². The van der Waals surface area contributed by atoms with Crippen LogP contribution in [0.4, 0.5) is 0 Å². The molecule has 0 N–H and O–H groups in total. The Morgan fingerprint density at radius 2 is 2.32 bits per heavy atom. The first-order valence-electron chi connectivity index (χ1n) is 8.53. The second kappa shape index (κ2) is 6.63. The highest BCUT2D eigenvalue weighted by Gasteiger charge is 2.28. The lowest BCUT2D eigenvalue weighted by Gasteiger charge is -2.34. The average molecular weight is 339 g/mol. The standard InChI is InChI=1S/C19H21N3O3/c1-24-17-6-2-4-14-10-15(12-25-18(14)17)19(23)21-8-3-5-16(11-21)22-9-7-20-13-22/h2,4,6-7,9-10,13,16H,3,5,8,11-12H2,1H3. The summed E-state index contributed by atoms with van der Waals surface area (Å²) in [4.78, 5) is 19.0. The van der Waals surface area contributed by atoms with Crippen LogP contribution < -0.4 is 9.47 Å². The van der Waals surface area contributed by atoms with Crippen LogP contribution in [0, 0.1) is 0 Å². The number of methoxy groups -OCH3 is 1. The summed E-state index contributed by atoms with van der Waals surface area (Å²) in [5, 5.41) is 0. The van der Waals surface area contributed by atoms with E-state index in [1.807, 2.05) is 41.7 Å². The fourth-order valence-electron chi connectivity index (χ4n) is 3.54. The number of piperidine rings is 1. The molecule has 1 unspecified atom stereocenters. The molecule has 0 radical (unpaired) electrons. The van der Waals surface area contributed by atoms with Crippen molar-refractivity contribution in [3.8, 4) is 11.5 Å². The summed E-state index contributed by atoms with van der Waals surface area (Å²) in [6, 6.07) is 5.99. The van der Waals surface area contributed by atoms with Gasteiger partial charge in [-0.25, -0.2) is 4.98 Å². The summed E-state index contributed by atoms with van der Waals surface area (Å²) >= 11 is 0. The van der Waals surface area contributed by atoms with Gasteiger partial charge in [-0.05, 0) is 25.0 Å². The maximum absolute atomic E-state index is 13.0. The largest absolute Gasteiger partial charge is 0.493 e. The third kappa shape index (κ3) is 2.99. The Kier molecular flexibility index (Phi) is 4.17. The van der Waals surface area contributed by atoms with Gasteiger partial charge in [-0.2, -0.15) is 0 Å². The quantitative estimate of drug-likeness (QED) is 0.862. The van der Waals surface area contributed by atoms with E-state index in [-0.39, 0.29) is 18.6 Å². The van der Waals surface area contributed by atoms with E-state index in [9.17, 15) is 4.79 Å². The fourth-order valence-corrected chi connectivity index (χ4v) is 3.54. The van der Waals surface area contributed by atoms with Crippen LogP contribution in [0.1, 0.15) is 24.4 Å². The maximum Gasteiger partial charge on any atom is 0.253 e. The molecule has 25 heavy (non-hydrogen) atoms. The van der Waals surface area contributed by atoms with Crippen molar-refractivity contribution in [2.45, 2.75) is 18.9 Å². The van der Waals surface area contributed by atoms with Crippen molar-refractivity contribution in [1.82, 2.24) is 14.5 Å². The number of nitrogens with zero attached hydrogens (tertiary/aromatic N) is 3. The molecular formula is C19H21N3O3. The van der Waals surface area contributed by atoms with Crippen LogP contribution in [0.25, 0.3) is 6.08 Å². The number of aromatic nitrogens is 2. The van der Waals surface area contributed by atoms with Gasteiger partial charge in [0.2, 0.25) is 0 Å². The highest BCUT2D eigenvalue weighted by atomic mass is 16.5. The van der Waals surface area contributed by atoms with Crippen molar-refractivity contribution in [3.05, 3.63) is 48.1 Å². The Hall–Kier alpha value is -2.76. The fraction of sp³-hybridized carbons (Fsp3) is 0.368. The monoisotopic (exact) mass is 339 g/mol. The first-order valence-corrected chi connectivity index (χ1v) is 8.53. The molecule has 2 aliphatic heterocycles. The number of benzene rings is 1. The number of carbonyl (C=O) groups excluding carboxylic acids is 1. The number of hydrogen-bond donors (Lipinski definition) is 0. The molecule has 1 saturated heterocycles. The summed E-state index contributed by atoms with van der Waals surface area (Å²) in [6.07, 6.45) is 9.55. The summed E-state index contributed by atoms with van der Waals surface area (Å²) in [5.41, 5.74) is 1.57. The zero-order valence-corrected chi connectivity index (χ0v) is 14.2. The summed E-state index contributed by atoms with van der Waals surface area (Å²) < 4.78 is 13.2. The van der Waals surface area contributed by atoms with Gasteiger partial charge < -0.3 is 18.9 Å². The summed E-state index contributed by atoms with van der Waals surface area (Å²) in [5.74, 6) is 1.45. The number of para-hydroxylation sites is 1. The van der Waals surface area contributed by atoms with E-state index in [4.69, 9.17) is 9.47 Å². The van der Waals surface area contributed by atoms with Crippen LogP contribution in [-0.2, 0) is 4.79 Å². The normalized spacial score (nSPS) is 19.6. The van der Waals surface area contributed by atoms with E-state index in [2.05, 4.69) is 9.55 Å². The molecule has 4 rings (SSSR count). The Balaban J connectivity index is 1.53. The van der Waals surface area contributed by atoms with Crippen molar-refractivity contribution in [2.75, 3.05) is 26.8 Å². The lowest BCUT2D eigenvalue weighted by Crippen LogP contribution is -2.42. The minimum atomic E-state index is 0.0540. The SMILES string of the molecule is COc1cccc2c1OCC(C(=O)N1CCCC(n3ccnc3)C1)=C2. The molecule has 2 aliphatic rings.